The first kappa shape index (κ1) is 8.12. The molecule has 0 amide bonds. The van der Waals surface area contributed by atoms with Crippen LogP contribution in [0.3, 0.4) is 0 Å². The van der Waals surface area contributed by atoms with Crippen molar-refractivity contribution in [1.29, 1.82) is 0 Å². The highest BCUT2D eigenvalue weighted by Crippen LogP contribution is 2.19. The van der Waals surface area contributed by atoms with E-state index in [2.05, 4.69) is 26.8 Å². The third kappa shape index (κ3) is 1.37. The Bertz CT molecular complexity index is 264. The Morgan fingerprint density at radius 2 is 1.91 bits per heavy atom. The minimum absolute atomic E-state index is 0.926. The van der Waals surface area contributed by atoms with Gasteiger partial charge in [0.25, 0.3) is 0 Å². The average molecular weight is 149 g/mol. The standard InChI is InChI=1S/C10H15N/c1-4-9-8(3)7(2)5-6-10(9)11/h5-6H,4,11H2,1-3H3. The second-order valence-electron chi connectivity index (χ2n) is 2.93. The first-order valence-electron chi connectivity index (χ1n) is 4.01. The maximum absolute atomic E-state index is 5.80. The summed E-state index contributed by atoms with van der Waals surface area (Å²) in [5, 5.41) is 0. The highest BCUT2D eigenvalue weighted by atomic mass is 14.6. The number of benzene rings is 1. The summed E-state index contributed by atoms with van der Waals surface area (Å²) in [4.78, 5) is 0. The molecule has 1 rings (SSSR count). The van der Waals surface area contributed by atoms with Gasteiger partial charge in [0.2, 0.25) is 0 Å². The fraction of sp³-hybridized carbons (Fsp3) is 0.400. The van der Waals surface area contributed by atoms with Crippen molar-refractivity contribution >= 4 is 5.69 Å². The number of anilines is 1. The summed E-state index contributed by atoms with van der Waals surface area (Å²) in [5.74, 6) is 0. The molecule has 0 radical (unpaired) electrons. The van der Waals surface area contributed by atoms with Crippen LogP contribution in [0, 0.1) is 13.8 Å². The average Bonchev–Trinajstić information content (AvgIpc) is 1.99. The van der Waals surface area contributed by atoms with Crippen LogP contribution in [0.5, 0.6) is 0 Å². The highest BCUT2D eigenvalue weighted by molar-refractivity contribution is 5.53. The lowest BCUT2D eigenvalue weighted by atomic mass is 10.00. The third-order valence-electron chi connectivity index (χ3n) is 2.26. The van der Waals surface area contributed by atoms with Gasteiger partial charge in [0.15, 0.2) is 0 Å². The second-order valence-corrected chi connectivity index (χ2v) is 2.93. The molecule has 60 valence electrons. The molecular weight excluding hydrogens is 134 g/mol. The van der Waals surface area contributed by atoms with Crippen LogP contribution >= 0.6 is 0 Å². The molecule has 0 unspecified atom stereocenters. The molecule has 0 aliphatic rings. The lowest BCUT2D eigenvalue weighted by molar-refractivity contribution is 1.10. The molecule has 11 heavy (non-hydrogen) atoms. The number of aryl methyl sites for hydroxylation is 1. The summed E-state index contributed by atoms with van der Waals surface area (Å²) >= 11 is 0. The first-order chi connectivity index (χ1) is 5.16. The van der Waals surface area contributed by atoms with Crippen molar-refractivity contribution in [3.63, 3.8) is 0 Å². The van der Waals surface area contributed by atoms with Crippen LogP contribution in [0.2, 0.25) is 0 Å². The Kier molecular flexibility index (Phi) is 2.18. The minimum Gasteiger partial charge on any atom is -0.398 e. The first-order valence-corrected chi connectivity index (χ1v) is 4.01. The summed E-state index contributed by atoms with van der Waals surface area (Å²) in [7, 11) is 0. The zero-order valence-electron chi connectivity index (χ0n) is 7.44. The van der Waals surface area contributed by atoms with Gasteiger partial charge in [-0.1, -0.05) is 13.0 Å². The monoisotopic (exact) mass is 149 g/mol. The molecule has 0 aliphatic carbocycles. The molecule has 1 heteroatoms. The Balaban J connectivity index is 3.29. The quantitative estimate of drug-likeness (QED) is 0.610. The van der Waals surface area contributed by atoms with Crippen molar-refractivity contribution in [1.82, 2.24) is 0 Å². The van der Waals surface area contributed by atoms with Crippen molar-refractivity contribution in [2.24, 2.45) is 0 Å². The van der Waals surface area contributed by atoms with E-state index in [1.807, 2.05) is 6.07 Å². The fourth-order valence-corrected chi connectivity index (χ4v) is 1.36. The number of nitrogen functional groups attached to an aromatic ring is 1. The summed E-state index contributed by atoms with van der Waals surface area (Å²) < 4.78 is 0. The molecule has 0 aromatic heterocycles. The van der Waals surface area contributed by atoms with Crippen LogP contribution in [0.4, 0.5) is 5.69 Å². The van der Waals surface area contributed by atoms with Gasteiger partial charge >= 0.3 is 0 Å². The largest absolute Gasteiger partial charge is 0.398 e. The second kappa shape index (κ2) is 2.95. The van der Waals surface area contributed by atoms with E-state index in [9.17, 15) is 0 Å². The summed E-state index contributed by atoms with van der Waals surface area (Å²) in [6.45, 7) is 6.39. The molecule has 1 aromatic carbocycles. The smallest absolute Gasteiger partial charge is 0.0349 e. The van der Waals surface area contributed by atoms with Gasteiger partial charge in [0.05, 0.1) is 0 Å². The van der Waals surface area contributed by atoms with Crippen molar-refractivity contribution in [3.8, 4) is 0 Å². The molecule has 1 aromatic rings. The zero-order chi connectivity index (χ0) is 8.43. The fourth-order valence-electron chi connectivity index (χ4n) is 1.36. The zero-order valence-corrected chi connectivity index (χ0v) is 7.44. The van der Waals surface area contributed by atoms with Crippen LogP contribution in [0.25, 0.3) is 0 Å². The number of rotatable bonds is 1. The molecule has 2 N–H and O–H groups in total. The van der Waals surface area contributed by atoms with Gasteiger partial charge < -0.3 is 5.73 Å². The number of hydrogen-bond acceptors (Lipinski definition) is 1. The van der Waals surface area contributed by atoms with Gasteiger partial charge in [0, 0.05) is 5.69 Å². The third-order valence-corrected chi connectivity index (χ3v) is 2.26. The predicted octanol–water partition coefficient (Wildman–Crippen LogP) is 2.45. The van der Waals surface area contributed by atoms with Gasteiger partial charge in [0.1, 0.15) is 0 Å². The molecule has 0 fully saturated rings. The van der Waals surface area contributed by atoms with E-state index >= 15 is 0 Å². The molecular formula is C10H15N. The Labute approximate surface area is 68.2 Å². The van der Waals surface area contributed by atoms with Crippen LogP contribution in [0.1, 0.15) is 23.6 Å². The van der Waals surface area contributed by atoms with E-state index in [1.54, 1.807) is 0 Å². The minimum atomic E-state index is 0.926. The number of hydrogen-bond donors (Lipinski definition) is 1. The van der Waals surface area contributed by atoms with E-state index in [1.165, 1.54) is 16.7 Å². The molecule has 0 saturated carbocycles. The Hall–Kier alpha value is -0.980. The molecule has 0 bridgehead atoms. The van der Waals surface area contributed by atoms with Crippen LogP contribution < -0.4 is 5.73 Å². The van der Waals surface area contributed by atoms with Crippen LogP contribution in [0.15, 0.2) is 12.1 Å². The van der Waals surface area contributed by atoms with Crippen molar-refractivity contribution < 1.29 is 0 Å². The van der Waals surface area contributed by atoms with E-state index in [4.69, 9.17) is 5.73 Å². The van der Waals surface area contributed by atoms with E-state index in [-0.39, 0.29) is 0 Å². The van der Waals surface area contributed by atoms with Gasteiger partial charge in [-0.2, -0.15) is 0 Å². The molecule has 0 saturated heterocycles. The summed E-state index contributed by atoms with van der Waals surface area (Å²) in [6, 6.07) is 4.06. The Morgan fingerprint density at radius 3 is 2.36 bits per heavy atom. The predicted molar refractivity (Wildman–Crippen MR) is 49.7 cm³/mol. The van der Waals surface area contributed by atoms with Crippen LogP contribution in [-0.2, 0) is 6.42 Å². The molecule has 0 aliphatic heterocycles. The van der Waals surface area contributed by atoms with E-state index in [0.717, 1.165) is 12.1 Å². The maximum Gasteiger partial charge on any atom is 0.0349 e. The lowest BCUT2D eigenvalue weighted by Gasteiger charge is -2.09. The molecule has 0 heterocycles. The van der Waals surface area contributed by atoms with Crippen molar-refractivity contribution in [2.75, 3.05) is 5.73 Å². The topological polar surface area (TPSA) is 26.0 Å². The normalized spacial score (nSPS) is 10.1. The summed E-state index contributed by atoms with van der Waals surface area (Å²) in [5.41, 5.74) is 10.7. The van der Waals surface area contributed by atoms with E-state index < -0.39 is 0 Å². The Morgan fingerprint density at radius 1 is 1.27 bits per heavy atom. The highest BCUT2D eigenvalue weighted by Gasteiger charge is 2.01. The summed E-state index contributed by atoms with van der Waals surface area (Å²) in [6.07, 6.45) is 1.03. The van der Waals surface area contributed by atoms with Crippen molar-refractivity contribution in [2.45, 2.75) is 27.2 Å². The van der Waals surface area contributed by atoms with Crippen LogP contribution in [-0.4, -0.2) is 0 Å². The molecule has 0 spiro atoms. The maximum atomic E-state index is 5.80. The van der Waals surface area contributed by atoms with E-state index in [0.29, 0.717) is 0 Å². The number of nitrogens with two attached hydrogens (primary N) is 1. The lowest BCUT2D eigenvalue weighted by Crippen LogP contribution is -1.97. The van der Waals surface area contributed by atoms with Gasteiger partial charge in [-0.15, -0.1) is 0 Å². The molecule has 0 atom stereocenters. The van der Waals surface area contributed by atoms with Gasteiger partial charge in [-0.25, -0.2) is 0 Å². The van der Waals surface area contributed by atoms with Crippen molar-refractivity contribution in [3.05, 3.63) is 28.8 Å². The molecule has 1 nitrogen and oxygen atoms in total. The van der Waals surface area contributed by atoms with Gasteiger partial charge in [-0.3, -0.25) is 0 Å². The SMILES string of the molecule is CCc1c(N)ccc(C)c1C. The van der Waals surface area contributed by atoms with Gasteiger partial charge in [-0.05, 0) is 43.0 Å².